The summed E-state index contributed by atoms with van der Waals surface area (Å²) in [6.07, 6.45) is 3.99. The van der Waals surface area contributed by atoms with Crippen molar-refractivity contribution in [1.82, 2.24) is 4.98 Å². The molecule has 2 nitrogen and oxygen atoms in total. The maximum Gasteiger partial charge on any atom is 0.0974 e. The molecule has 0 aliphatic heterocycles. The number of fused-ring (bicyclic) bond motifs is 1. The van der Waals surface area contributed by atoms with E-state index >= 15 is 0 Å². The highest BCUT2D eigenvalue weighted by Gasteiger charge is 2.19. The van der Waals surface area contributed by atoms with E-state index in [1.54, 1.807) is 0 Å². The molecule has 3 rings (SSSR count). The third-order valence-electron chi connectivity index (χ3n) is 3.29. The molecule has 4 heteroatoms. The Labute approximate surface area is 116 Å². The second kappa shape index (κ2) is 5.00. The Morgan fingerprint density at radius 2 is 2.11 bits per heavy atom. The van der Waals surface area contributed by atoms with Crippen molar-refractivity contribution in [2.45, 2.75) is 31.7 Å². The molecule has 2 N–H and O–H groups in total. The molecule has 94 valence electrons. The van der Waals surface area contributed by atoms with Gasteiger partial charge in [0.1, 0.15) is 0 Å². The molecule has 0 saturated heterocycles. The SMILES string of the molecule is NC1CCc2nc(Cc3ccc(Cl)cc3)sc2C1. The Balaban J connectivity index is 1.79. The summed E-state index contributed by atoms with van der Waals surface area (Å²) in [4.78, 5) is 6.12. The van der Waals surface area contributed by atoms with Crippen molar-refractivity contribution in [3.63, 3.8) is 0 Å². The van der Waals surface area contributed by atoms with Gasteiger partial charge in [-0.25, -0.2) is 4.98 Å². The van der Waals surface area contributed by atoms with Gasteiger partial charge < -0.3 is 5.73 Å². The van der Waals surface area contributed by atoms with E-state index in [9.17, 15) is 0 Å². The third kappa shape index (κ3) is 2.58. The number of thiazole rings is 1. The summed E-state index contributed by atoms with van der Waals surface area (Å²) in [6, 6.07) is 8.31. The van der Waals surface area contributed by atoms with E-state index in [0.717, 1.165) is 30.7 Å². The van der Waals surface area contributed by atoms with Crippen LogP contribution >= 0.6 is 22.9 Å². The topological polar surface area (TPSA) is 38.9 Å². The maximum absolute atomic E-state index is 5.99. The number of benzene rings is 1. The van der Waals surface area contributed by atoms with E-state index in [2.05, 4.69) is 12.1 Å². The van der Waals surface area contributed by atoms with E-state index < -0.39 is 0 Å². The van der Waals surface area contributed by atoms with Gasteiger partial charge >= 0.3 is 0 Å². The Morgan fingerprint density at radius 1 is 1.33 bits per heavy atom. The number of halogens is 1. The molecule has 18 heavy (non-hydrogen) atoms. The van der Waals surface area contributed by atoms with E-state index in [0.29, 0.717) is 6.04 Å². The number of rotatable bonds is 2. The van der Waals surface area contributed by atoms with Crippen molar-refractivity contribution in [1.29, 1.82) is 0 Å². The first-order valence-corrected chi connectivity index (χ1v) is 7.37. The van der Waals surface area contributed by atoms with E-state index in [1.807, 2.05) is 23.5 Å². The molecule has 0 spiro atoms. The van der Waals surface area contributed by atoms with Gasteiger partial charge in [-0.15, -0.1) is 11.3 Å². The summed E-state index contributed by atoms with van der Waals surface area (Å²) in [5.74, 6) is 0. The predicted octanol–water partition coefficient (Wildman–Crippen LogP) is 3.20. The lowest BCUT2D eigenvalue weighted by molar-refractivity contribution is 0.575. The van der Waals surface area contributed by atoms with Gasteiger partial charge in [0.25, 0.3) is 0 Å². The second-order valence-electron chi connectivity index (χ2n) is 4.78. The first-order chi connectivity index (χ1) is 8.70. The predicted molar refractivity (Wildman–Crippen MR) is 76.4 cm³/mol. The molecular weight excluding hydrogens is 264 g/mol. The average molecular weight is 279 g/mol. The second-order valence-corrected chi connectivity index (χ2v) is 6.39. The largest absolute Gasteiger partial charge is 0.327 e. The zero-order valence-corrected chi connectivity index (χ0v) is 11.6. The van der Waals surface area contributed by atoms with Crippen LogP contribution in [0.15, 0.2) is 24.3 Å². The first-order valence-electron chi connectivity index (χ1n) is 6.18. The van der Waals surface area contributed by atoms with E-state index in [4.69, 9.17) is 22.3 Å². The number of nitrogens with zero attached hydrogens (tertiary/aromatic N) is 1. The van der Waals surface area contributed by atoms with Gasteiger partial charge in [0.05, 0.1) is 10.7 Å². The van der Waals surface area contributed by atoms with Crippen LogP contribution in [0, 0.1) is 0 Å². The Hall–Kier alpha value is -0.900. The molecule has 1 heterocycles. The number of nitrogens with two attached hydrogens (primary N) is 1. The van der Waals surface area contributed by atoms with Gasteiger partial charge in [0.2, 0.25) is 0 Å². The lowest BCUT2D eigenvalue weighted by atomic mass is 9.99. The van der Waals surface area contributed by atoms with Gasteiger partial charge in [0.15, 0.2) is 0 Å². The minimum Gasteiger partial charge on any atom is -0.327 e. The van der Waals surface area contributed by atoms with Gasteiger partial charge in [0, 0.05) is 22.4 Å². The molecule has 1 atom stereocenters. The van der Waals surface area contributed by atoms with Crippen LogP contribution in [0.3, 0.4) is 0 Å². The summed E-state index contributed by atoms with van der Waals surface area (Å²) < 4.78 is 0. The minimum absolute atomic E-state index is 0.321. The summed E-state index contributed by atoms with van der Waals surface area (Å²) in [5.41, 5.74) is 8.52. The number of aromatic nitrogens is 1. The number of hydrogen-bond donors (Lipinski definition) is 1. The van der Waals surface area contributed by atoms with Crippen molar-refractivity contribution in [2.24, 2.45) is 5.73 Å². The fourth-order valence-electron chi connectivity index (χ4n) is 2.31. The molecule has 1 aliphatic rings. The van der Waals surface area contributed by atoms with E-state index in [1.165, 1.54) is 21.1 Å². The maximum atomic E-state index is 5.99. The fraction of sp³-hybridized carbons (Fsp3) is 0.357. The summed E-state index contributed by atoms with van der Waals surface area (Å²) in [6.45, 7) is 0. The normalized spacial score (nSPS) is 18.7. The van der Waals surface area contributed by atoms with Crippen LogP contribution in [-0.2, 0) is 19.3 Å². The van der Waals surface area contributed by atoms with Crippen LogP contribution < -0.4 is 5.73 Å². The van der Waals surface area contributed by atoms with E-state index in [-0.39, 0.29) is 0 Å². The van der Waals surface area contributed by atoms with Gasteiger partial charge in [-0.3, -0.25) is 0 Å². The summed E-state index contributed by atoms with van der Waals surface area (Å²) in [7, 11) is 0. The summed E-state index contributed by atoms with van der Waals surface area (Å²) in [5, 5.41) is 1.97. The van der Waals surface area contributed by atoms with Crippen LogP contribution in [-0.4, -0.2) is 11.0 Å². The first kappa shape index (κ1) is 12.2. The molecule has 0 saturated carbocycles. The van der Waals surface area contributed by atoms with Gasteiger partial charge in [-0.1, -0.05) is 23.7 Å². The fourth-order valence-corrected chi connectivity index (χ4v) is 3.67. The highest BCUT2D eigenvalue weighted by Crippen LogP contribution is 2.27. The van der Waals surface area contributed by atoms with Crippen LogP contribution in [0.4, 0.5) is 0 Å². The zero-order valence-electron chi connectivity index (χ0n) is 10.0. The van der Waals surface area contributed by atoms with Gasteiger partial charge in [-0.05, 0) is 37.0 Å². The quantitative estimate of drug-likeness (QED) is 0.916. The van der Waals surface area contributed by atoms with Crippen LogP contribution in [0.1, 0.15) is 27.6 Å². The Bertz CT molecular complexity index is 547. The summed E-state index contributed by atoms with van der Waals surface area (Å²) >= 11 is 7.70. The highest BCUT2D eigenvalue weighted by atomic mass is 35.5. The third-order valence-corrected chi connectivity index (χ3v) is 4.66. The lowest BCUT2D eigenvalue weighted by Gasteiger charge is -2.15. The molecule has 1 unspecified atom stereocenters. The molecule has 1 aliphatic carbocycles. The Kier molecular flexibility index (Phi) is 3.37. The molecule has 0 fully saturated rings. The van der Waals surface area contributed by atoms with Crippen molar-refractivity contribution in [3.8, 4) is 0 Å². The van der Waals surface area contributed by atoms with Gasteiger partial charge in [-0.2, -0.15) is 0 Å². The molecular formula is C14H15ClN2S. The standard InChI is InChI=1S/C14H15ClN2S/c15-10-3-1-9(2-4-10)7-14-17-12-6-5-11(16)8-13(12)18-14/h1-4,11H,5-8,16H2. The smallest absolute Gasteiger partial charge is 0.0974 e. The molecule has 1 aromatic carbocycles. The minimum atomic E-state index is 0.321. The molecule has 2 aromatic rings. The Morgan fingerprint density at radius 3 is 2.89 bits per heavy atom. The lowest BCUT2D eigenvalue weighted by Crippen LogP contribution is -2.26. The van der Waals surface area contributed by atoms with Crippen molar-refractivity contribution >= 4 is 22.9 Å². The number of aryl methyl sites for hydroxylation is 1. The van der Waals surface area contributed by atoms with Crippen LogP contribution in [0.2, 0.25) is 5.02 Å². The molecule has 1 aromatic heterocycles. The number of hydrogen-bond acceptors (Lipinski definition) is 3. The van der Waals surface area contributed by atoms with Crippen LogP contribution in [0.25, 0.3) is 0 Å². The molecule has 0 amide bonds. The van der Waals surface area contributed by atoms with Crippen molar-refractivity contribution in [2.75, 3.05) is 0 Å². The molecule has 0 bridgehead atoms. The van der Waals surface area contributed by atoms with Crippen LogP contribution in [0.5, 0.6) is 0 Å². The van der Waals surface area contributed by atoms with Crippen molar-refractivity contribution < 1.29 is 0 Å². The van der Waals surface area contributed by atoms with Crippen molar-refractivity contribution in [3.05, 3.63) is 50.4 Å². The highest BCUT2D eigenvalue weighted by molar-refractivity contribution is 7.11. The molecule has 0 radical (unpaired) electrons. The average Bonchev–Trinajstić information content (AvgIpc) is 2.73. The monoisotopic (exact) mass is 278 g/mol. The zero-order chi connectivity index (χ0) is 12.5.